The predicted octanol–water partition coefficient (Wildman–Crippen LogP) is 6.02. The molecule has 2 aromatic heterocycles. The van der Waals surface area contributed by atoms with Gasteiger partial charge in [-0.3, -0.25) is 9.36 Å². The van der Waals surface area contributed by atoms with Gasteiger partial charge in [-0.25, -0.2) is 18.7 Å². The Hall–Kier alpha value is -3.38. The summed E-state index contributed by atoms with van der Waals surface area (Å²) in [5, 5.41) is 16.2. The number of aliphatic hydroxyl groups excluding tert-OH is 1. The minimum absolute atomic E-state index is 0.0537. The molecule has 0 radical (unpaired) electrons. The number of benzene rings is 1. The number of para-hydroxylation sites is 1. The van der Waals surface area contributed by atoms with Gasteiger partial charge in [-0.2, -0.15) is 4.98 Å². The highest BCUT2D eigenvalue weighted by molar-refractivity contribution is 5.79. The molecule has 3 fully saturated rings. The number of imidazole rings is 1. The van der Waals surface area contributed by atoms with Crippen LogP contribution in [0.4, 0.5) is 26.4 Å². The molecule has 46 heavy (non-hydrogen) atoms. The van der Waals surface area contributed by atoms with Crippen LogP contribution in [0.5, 0.6) is 0 Å². The Morgan fingerprint density at radius 3 is 2.41 bits per heavy atom. The number of amides is 1. The molecule has 1 aromatic carbocycles. The first-order chi connectivity index (χ1) is 22.3. The summed E-state index contributed by atoms with van der Waals surface area (Å²) in [6.07, 6.45) is 10.9. The van der Waals surface area contributed by atoms with Gasteiger partial charge in [-0.15, -0.1) is 0 Å². The van der Waals surface area contributed by atoms with Gasteiger partial charge in [0.25, 0.3) is 0 Å². The molecule has 3 aromatic rings. The molecular weight excluding hydrogens is 590 g/mol. The van der Waals surface area contributed by atoms with E-state index in [4.69, 9.17) is 4.98 Å². The monoisotopic (exact) mass is 638 g/mol. The van der Waals surface area contributed by atoms with Crippen molar-refractivity contribution in [1.82, 2.24) is 29.3 Å². The normalized spacial score (nSPS) is 24.6. The number of nitrogens with one attached hydrogen (secondary N) is 2. The molecule has 3 N–H and O–H groups in total. The van der Waals surface area contributed by atoms with E-state index in [9.17, 15) is 18.7 Å². The van der Waals surface area contributed by atoms with Crippen molar-refractivity contribution < 1.29 is 18.7 Å². The summed E-state index contributed by atoms with van der Waals surface area (Å²) in [6.45, 7) is 8.11. The van der Waals surface area contributed by atoms with Crippen LogP contribution in [0.25, 0.3) is 11.2 Å². The Morgan fingerprint density at radius 1 is 1.04 bits per heavy atom. The van der Waals surface area contributed by atoms with E-state index in [1.54, 1.807) is 6.20 Å². The van der Waals surface area contributed by atoms with Gasteiger partial charge in [-0.05, 0) is 110 Å². The van der Waals surface area contributed by atoms with Crippen LogP contribution in [0.3, 0.4) is 0 Å². The Morgan fingerprint density at radius 2 is 1.74 bits per heavy atom. The van der Waals surface area contributed by atoms with Gasteiger partial charge >= 0.3 is 0 Å². The number of halogens is 2. The highest BCUT2D eigenvalue weighted by Crippen LogP contribution is 2.38. The van der Waals surface area contributed by atoms with E-state index < -0.39 is 11.6 Å². The van der Waals surface area contributed by atoms with Crippen LogP contribution in [0.2, 0.25) is 0 Å². The SMILES string of the molecule is CCN(CCC(C)N1CCCC1)C(=O)C1CCC(n2c(Nc3c(F)cccc3F)nc3cnc(NC4CCC(O)CC4)nc32)CC1. The van der Waals surface area contributed by atoms with Crippen molar-refractivity contribution in [2.75, 3.05) is 36.8 Å². The molecule has 1 amide bonds. The van der Waals surface area contributed by atoms with Gasteiger partial charge in [0.2, 0.25) is 17.8 Å². The molecule has 2 aliphatic carbocycles. The van der Waals surface area contributed by atoms with Crippen molar-refractivity contribution in [1.29, 1.82) is 0 Å². The summed E-state index contributed by atoms with van der Waals surface area (Å²) < 4.78 is 31.4. The minimum Gasteiger partial charge on any atom is -0.393 e. The summed E-state index contributed by atoms with van der Waals surface area (Å²) in [7, 11) is 0. The summed E-state index contributed by atoms with van der Waals surface area (Å²) in [6, 6.07) is 4.32. The Balaban J connectivity index is 1.19. The van der Waals surface area contributed by atoms with Crippen LogP contribution in [0, 0.1) is 17.6 Å². The van der Waals surface area contributed by atoms with Crippen molar-refractivity contribution >= 4 is 34.7 Å². The molecule has 3 aliphatic rings. The van der Waals surface area contributed by atoms with Crippen molar-refractivity contribution in [3.63, 3.8) is 0 Å². The molecule has 2 saturated carbocycles. The van der Waals surface area contributed by atoms with Crippen LogP contribution in [-0.4, -0.2) is 84.7 Å². The fraction of sp³-hybridized carbons (Fsp3) is 0.647. The topological polar surface area (TPSA) is 111 Å². The Bertz CT molecular complexity index is 1460. The second kappa shape index (κ2) is 14.6. The van der Waals surface area contributed by atoms with Gasteiger partial charge in [0.05, 0.1) is 12.3 Å². The number of aromatic nitrogens is 4. The van der Waals surface area contributed by atoms with Crippen LogP contribution >= 0.6 is 0 Å². The zero-order valence-electron chi connectivity index (χ0n) is 27.1. The lowest BCUT2D eigenvalue weighted by molar-refractivity contribution is -0.136. The molecule has 12 heteroatoms. The van der Waals surface area contributed by atoms with Crippen LogP contribution in [0.15, 0.2) is 24.4 Å². The molecule has 3 heterocycles. The van der Waals surface area contributed by atoms with Crippen LogP contribution in [-0.2, 0) is 4.79 Å². The average molecular weight is 639 g/mol. The average Bonchev–Trinajstić information content (AvgIpc) is 3.73. The third-order valence-corrected chi connectivity index (χ3v) is 10.3. The number of fused-ring (bicyclic) bond motifs is 1. The number of aliphatic hydroxyl groups is 1. The number of carbonyl (C=O) groups is 1. The first-order valence-electron chi connectivity index (χ1n) is 17.2. The molecule has 10 nitrogen and oxygen atoms in total. The first kappa shape index (κ1) is 32.6. The first-order valence-corrected chi connectivity index (χ1v) is 17.2. The lowest BCUT2D eigenvalue weighted by Gasteiger charge is -2.34. The summed E-state index contributed by atoms with van der Waals surface area (Å²) in [5.74, 6) is -0.485. The molecule has 1 atom stereocenters. The van der Waals surface area contributed by atoms with Gasteiger partial charge in [-0.1, -0.05) is 6.07 Å². The van der Waals surface area contributed by atoms with E-state index in [1.807, 2.05) is 9.47 Å². The molecule has 1 saturated heterocycles. The maximum atomic E-state index is 14.7. The number of rotatable bonds is 11. The van der Waals surface area contributed by atoms with E-state index in [0.29, 0.717) is 48.5 Å². The number of anilines is 3. The van der Waals surface area contributed by atoms with Crippen molar-refractivity contribution in [2.24, 2.45) is 5.92 Å². The van der Waals surface area contributed by atoms with E-state index in [-0.39, 0.29) is 35.7 Å². The second-order valence-electron chi connectivity index (χ2n) is 13.4. The van der Waals surface area contributed by atoms with Gasteiger partial charge in [0.1, 0.15) is 22.8 Å². The summed E-state index contributed by atoms with van der Waals surface area (Å²) >= 11 is 0. The molecule has 0 spiro atoms. The lowest BCUT2D eigenvalue weighted by Crippen LogP contribution is -2.41. The molecule has 1 aliphatic heterocycles. The van der Waals surface area contributed by atoms with Crippen LogP contribution < -0.4 is 10.6 Å². The molecular formula is C34H48F2N8O2. The lowest BCUT2D eigenvalue weighted by atomic mass is 9.85. The predicted molar refractivity (Wildman–Crippen MR) is 175 cm³/mol. The molecule has 250 valence electrons. The third kappa shape index (κ3) is 7.27. The second-order valence-corrected chi connectivity index (χ2v) is 13.4. The largest absolute Gasteiger partial charge is 0.393 e. The van der Waals surface area contributed by atoms with Crippen LogP contribution in [0.1, 0.15) is 90.5 Å². The maximum Gasteiger partial charge on any atom is 0.225 e. The zero-order valence-corrected chi connectivity index (χ0v) is 27.1. The van der Waals surface area contributed by atoms with Gasteiger partial charge in [0, 0.05) is 37.1 Å². The zero-order chi connectivity index (χ0) is 32.2. The quantitative estimate of drug-likeness (QED) is 0.234. The third-order valence-electron chi connectivity index (χ3n) is 10.3. The fourth-order valence-corrected chi connectivity index (χ4v) is 7.50. The highest BCUT2D eigenvalue weighted by atomic mass is 19.1. The van der Waals surface area contributed by atoms with E-state index in [1.165, 1.54) is 31.0 Å². The number of nitrogens with zero attached hydrogens (tertiary/aromatic N) is 6. The molecule has 6 rings (SSSR count). The highest BCUT2D eigenvalue weighted by Gasteiger charge is 2.33. The Kier molecular flexibility index (Phi) is 10.3. The van der Waals surface area contributed by atoms with E-state index in [0.717, 1.165) is 64.6 Å². The minimum atomic E-state index is -0.709. The van der Waals surface area contributed by atoms with Crippen molar-refractivity contribution in [3.8, 4) is 0 Å². The molecule has 0 bridgehead atoms. The van der Waals surface area contributed by atoms with Gasteiger partial charge in [0.15, 0.2) is 5.65 Å². The van der Waals surface area contributed by atoms with Gasteiger partial charge < -0.3 is 25.5 Å². The van der Waals surface area contributed by atoms with E-state index in [2.05, 4.69) is 39.3 Å². The summed E-state index contributed by atoms with van der Waals surface area (Å²) in [4.78, 5) is 32.2. The maximum absolute atomic E-state index is 14.7. The fourth-order valence-electron chi connectivity index (χ4n) is 7.50. The number of hydrogen-bond donors (Lipinski definition) is 3. The number of likely N-dealkylation sites (tertiary alicyclic amines) is 1. The Labute approximate surface area is 270 Å². The van der Waals surface area contributed by atoms with E-state index >= 15 is 0 Å². The number of carbonyl (C=O) groups excluding carboxylic acids is 1. The smallest absolute Gasteiger partial charge is 0.225 e. The molecule has 1 unspecified atom stereocenters. The van der Waals surface area contributed by atoms with Crippen molar-refractivity contribution in [2.45, 2.75) is 109 Å². The standard InChI is InChI=1S/C34H48F2N8O2/c1-3-42(20-17-22(2)43-18-4-5-19-43)32(46)23-9-13-25(14-10-23)44-31-29(39-34(44)40-30-27(35)7-6-8-28(30)36)21-37-33(41-31)38-24-11-15-26(45)16-12-24/h6-8,21-26,45H,3-5,9-20H2,1-2H3,(H,39,40)(H,37,38,41). The summed E-state index contributed by atoms with van der Waals surface area (Å²) in [5.41, 5.74) is 0.830. The van der Waals surface area contributed by atoms with Crippen molar-refractivity contribution in [3.05, 3.63) is 36.0 Å². The number of hydrogen-bond acceptors (Lipinski definition) is 8.